The fraction of sp³-hybridized carbons (Fsp3) is 0.538. The molecule has 0 atom stereocenters. The summed E-state index contributed by atoms with van der Waals surface area (Å²) in [4.78, 5) is 14.7. The maximum atomic E-state index is 10.7. The number of methoxy groups -OCH3 is 1. The maximum absolute atomic E-state index is 10.7. The molecule has 0 radical (unpaired) electrons. The first-order valence-corrected chi connectivity index (χ1v) is 6.07. The molecule has 0 aliphatic rings. The van der Waals surface area contributed by atoms with Crippen LogP contribution in [0.15, 0.2) is 18.2 Å². The maximum Gasteiger partial charge on any atom is 0.354 e. The number of aromatic carboxylic acids is 1. The predicted molar refractivity (Wildman–Crippen MR) is 68.2 cm³/mol. The van der Waals surface area contributed by atoms with Crippen LogP contribution in [0, 0.1) is 0 Å². The molecule has 1 heterocycles. The molecule has 0 bridgehead atoms. The average molecular weight is 269 g/mol. The van der Waals surface area contributed by atoms with E-state index in [0.29, 0.717) is 32.1 Å². The van der Waals surface area contributed by atoms with Gasteiger partial charge in [0, 0.05) is 20.3 Å². The van der Waals surface area contributed by atoms with Crippen LogP contribution < -0.4 is 0 Å². The summed E-state index contributed by atoms with van der Waals surface area (Å²) in [5.41, 5.74) is 0.621. The normalized spacial score (nSPS) is 10.6. The average Bonchev–Trinajstić information content (AvgIpc) is 2.42. The zero-order chi connectivity index (χ0) is 13.9. The second-order valence-electron chi connectivity index (χ2n) is 3.83. The Kier molecular flexibility index (Phi) is 7.72. The molecule has 1 rings (SSSR count). The molecule has 0 aromatic carbocycles. The van der Waals surface area contributed by atoms with Gasteiger partial charge in [-0.15, -0.1) is 0 Å². The fourth-order valence-electron chi connectivity index (χ4n) is 1.38. The molecule has 1 aromatic heterocycles. The van der Waals surface area contributed by atoms with Crippen LogP contribution in [0.5, 0.6) is 0 Å². The molecule has 0 aliphatic heterocycles. The highest BCUT2D eigenvalue weighted by Crippen LogP contribution is 2.01. The number of carboxylic acid groups (broad SMARTS) is 1. The van der Waals surface area contributed by atoms with Gasteiger partial charge in [0.25, 0.3) is 0 Å². The molecule has 0 saturated carbocycles. The van der Waals surface area contributed by atoms with Crippen molar-refractivity contribution in [1.29, 1.82) is 0 Å². The third-order valence-electron chi connectivity index (χ3n) is 2.28. The molecular weight excluding hydrogens is 250 g/mol. The lowest BCUT2D eigenvalue weighted by molar-refractivity contribution is 0.0326. The molecule has 0 spiro atoms. The van der Waals surface area contributed by atoms with Crippen LogP contribution in [0.1, 0.15) is 22.6 Å². The summed E-state index contributed by atoms with van der Waals surface area (Å²) in [5, 5.41) is 8.79. The molecule has 0 fully saturated rings. The molecule has 0 unspecified atom stereocenters. The van der Waals surface area contributed by atoms with Gasteiger partial charge >= 0.3 is 5.97 Å². The zero-order valence-corrected chi connectivity index (χ0v) is 11.0. The van der Waals surface area contributed by atoms with Crippen molar-refractivity contribution in [2.24, 2.45) is 0 Å². The van der Waals surface area contributed by atoms with Crippen LogP contribution in [-0.2, 0) is 20.8 Å². The van der Waals surface area contributed by atoms with Crippen molar-refractivity contribution in [2.45, 2.75) is 13.0 Å². The Hall–Kier alpha value is -1.50. The van der Waals surface area contributed by atoms with Crippen molar-refractivity contribution in [2.75, 3.05) is 33.5 Å². The van der Waals surface area contributed by atoms with Crippen LogP contribution in [0.3, 0.4) is 0 Å². The van der Waals surface area contributed by atoms with E-state index in [1.54, 1.807) is 19.2 Å². The van der Waals surface area contributed by atoms with E-state index in [9.17, 15) is 4.79 Å². The molecule has 0 saturated heterocycles. The van der Waals surface area contributed by atoms with Crippen molar-refractivity contribution in [3.05, 3.63) is 29.6 Å². The van der Waals surface area contributed by atoms with E-state index in [1.165, 1.54) is 6.07 Å². The van der Waals surface area contributed by atoms with Crippen LogP contribution in [0.4, 0.5) is 0 Å². The van der Waals surface area contributed by atoms with Crippen LogP contribution in [-0.4, -0.2) is 49.6 Å². The van der Waals surface area contributed by atoms with Crippen LogP contribution in [0.2, 0.25) is 0 Å². The minimum atomic E-state index is -1.04. The smallest absolute Gasteiger partial charge is 0.354 e. The van der Waals surface area contributed by atoms with E-state index in [0.717, 1.165) is 6.42 Å². The lowest BCUT2D eigenvalue weighted by Crippen LogP contribution is -2.08. The number of pyridine rings is 1. The first-order valence-electron chi connectivity index (χ1n) is 6.07. The molecule has 1 N–H and O–H groups in total. The molecule has 6 nitrogen and oxygen atoms in total. The number of rotatable bonds is 10. The van der Waals surface area contributed by atoms with E-state index < -0.39 is 5.97 Å². The molecule has 0 amide bonds. The zero-order valence-electron chi connectivity index (χ0n) is 11.0. The summed E-state index contributed by atoms with van der Waals surface area (Å²) in [5.74, 6) is -1.04. The number of nitrogens with zero attached hydrogens (tertiary/aromatic N) is 1. The first kappa shape index (κ1) is 15.6. The fourth-order valence-corrected chi connectivity index (χ4v) is 1.38. The Labute approximate surface area is 112 Å². The van der Waals surface area contributed by atoms with Gasteiger partial charge in [-0.2, -0.15) is 0 Å². The van der Waals surface area contributed by atoms with Gasteiger partial charge in [-0.3, -0.25) is 0 Å². The van der Waals surface area contributed by atoms with Crippen LogP contribution >= 0.6 is 0 Å². The number of carboxylic acids is 1. The number of hydrogen-bond acceptors (Lipinski definition) is 5. The molecule has 6 heteroatoms. The Morgan fingerprint density at radius 3 is 2.74 bits per heavy atom. The Morgan fingerprint density at radius 1 is 1.21 bits per heavy atom. The lowest BCUT2D eigenvalue weighted by Gasteiger charge is -2.06. The Balaban J connectivity index is 2.12. The van der Waals surface area contributed by atoms with Gasteiger partial charge in [0.05, 0.1) is 25.5 Å². The molecular formula is C13H19NO5. The molecule has 1 aromatic rings. The second-order valence-corrected chi connectivity index (χ2v) is 3.83. The number of aromatic nitrogens is 1. The second kappa shape index (κ2) is 9.43. The van der Waals surface area contributed by atoms with Gasteiger partial charge in [-0.25, -0.2) is 9.78 Å². The van der Waals surface area contributed by atoms with E-state index >= 15 is 0 Å². The van der Waals surface area contributed by atoms with Gasteiger partial charge in [0.15, 0.2) is 0 Å². The highest BCUT2D eigenvalue weighted by atomic mass is 16.5. The standard InChI is InChI=1S/C13H19NO5/c1-17-6-3-7-18-8-9-19-10-11-4-2-5-12(14-11)13(15)16/h2,4-5H,3,6-10H2,1H3,(H,15,16). The summed E-state index contributed by atoms with van der Waals surface area (Å²) in [6.07, 6.45) is 0.860. The molecule has 106 valence electrons. The van der Waals surface area contributed by atoms with E-state index in [2.05, 4.69) is 4.98 Å². The third kappa shape index (κ3) is 6.85. The number of ether oxygens (including phenoxy) is 3. The van der Waals surface area contributed by atoms with Crippen molar-refractivity contribution >= 4 is 5.97 Å². The minimum Gasteiger partial charge on any atom is -0.477 e. The van der Waals surface area contributed by atoms with Crippen molar-refractivity contribution in [3.63, 3.8) is 0 Å². The lowest BCUT2D eigenvalue weighted by atomic mass is 10.3. The molecule has 0 aliphatic carbocycles. The molecule has 19 heavy (non-hydrogen) atoms. The van der Waals surface area contributed by atoms with Gasteiger partial charge in [-0.1, -0.05) is 6.07 Å². The minimum absolute atomic E-state index is 0.0249. The SMILES string of the molecule is COCCCOCCOCc1cccc(C(=O)O)n1. The third-order valence-corrected chi connectivity index (χ3v) is 2.28. The Bertz CT molecular complexity index is 383. The monoisotopic (exact) mass is 269 g/mol. The predicted octanol–water partition coefficient (Wildman–Crippen LogP) is 1.35. The van der Waals surface area contributed by atoms with Gasteiger partial charge < -0.3 is 19.3 Å². The van der Waals surface area contributed by atoms with E-state index in [4.69, 9.17) is 19.3 Å². The summed E-state index contributed by atoms with van der Waals surface area (Å²) in [6.45, 7) is 2.56. The summed E-state index contributed by atoms with van der Waals surface area (Å²) in [7, 11) is 1.65. The van der Waals surface area contributed by atoms with Crippen molar-refractivity contribution < 1.29 is 24.1 Å². The summed E-state index contributed by atoms with van der Waals surface area (Å²) >= 11 is 0. The largest absolute Gasteiger partial charge is 0.477 e. The van der Waals surface area contributed by atoms with Crippen molar-refractivity contribution in [3.8, 4) is 0 Å². The van der Waals surface area contributed by atoms with Crippen molar-refractivity contribution in [1.82, 2.24) is 4.98 Å². The highest BCUT2D eigenvalue weighted by molar-refractivity contribution is 5.85. The van der Waals surface area contributed by atoms with Gasteiger partial charge in [0.1, 0.15) is 5.69 Å². The van der Waals surface area contributed by atoms with Gasteiger partial charge in [0.2, 0.25) is 0 Å². The quantitative estimate of drug-likeness (QED) is 0.646. The van der Waals surface area contributed by atoms with E-state index in [-0.39, 0.29) is 12.3 Å². The summed E-state index contributed by atoms with van der Waals surface area (Å²) < 4.78 is 15.6. The summed E-state index contributed by atoms with van der Waals surface area (Å²) in [6, 6.07) is 4.83. The van der Waals surface area contributed by atoms with Crippen LogP contribution in [0.25, 0.3) is 0 Å². The van der Waals surface area contributed by atoms with E-state index in [1.807, 2.05) is 0 Å². The first-order chi connectivity index (χ1) is 9.24. The number of carbonyl (C=O) groups is 1. The number of hydrogen-bond donors (Lipinski definition) is 1. The topological polar surface area (TPSA) is 77.9 Å². The Morgan fingerprint density at radius 2 is 2.00 bits per heavy atom. The highest BCUT2D eigenvalue weighted by Gasteiger charge is 2.04. The van der Waals surface area contributed by atoms with Gasteiger partial charge in [-0.05, 0) is 18.6 Å².